The molecule has 0 aliphatic carbocycles. The van der Waals surface area contributed by atoms with Gasteiger partial charge in [-0.15, -0.1) is 0 Å². The van der Waals surface area contributed by atoms with Gasteiger partial charge in [-0.25, -0.2) is 0 Å². The second-order valence-electron chi connectivity index (χ2n) is 4.45. The zero-order chi connectivity index (χ0) is 11.1. The third-order valence-electron chi connectivity index (χ3n) is 3.43. The molecule has 0 unspecified atom stereocenters. The summed E-state index contributed by atoms with van der Waals surface area (Å²) in [6, 6.07) is 0. The quantitative estimate of drug-likeness (QED) is 0.726. The second-order valence-corrected chi connectivity index (χ2v) is 4.45. The fourth-order valence-electron chi connectivity index (χ4n) is 2.05. The molecule has 1 aliphatic heterocycles. The summed E-state index contributed by atoms with van der Waals surface area (Å²) in [5, 5.41) is 6.36. The molecular formula is C12H24N2O. The average molecular weight is 212 g/mol. The van der Waals surface area contributed by atoms with Gasteiger partial charge < -0.3 is 10.6 Å². The van der Waals surface area contributed by atoms with Crippen LogP contribution in [0.5, 0.6) is 0 Å². The van der Waals surface area contributed by atoms with E-state index < -0.39 is 0 Å². The average Bonchev–Trinajstić information content (AvgIpc) is 2.31. The summed E-state index contributed by atoms with van der Waals surface area (Å²) in [6.45, 7) is 7.21. The number of amides is 1. The van der Waals surface area contributed by atoms with Crippen molar-refractivity contribution < 1.29 is 4.79 Å². The predicted molar refractivity (Wildman–Crippen MR) is 62.7 cm³/mol. The Kier molecular flexibility index (Phi) is 5.69. The van der Waals surface area contributed by atoms with Crippen molar-refractivity contribution in [1.82, 2.24) is 10.6 Å². The fourth-order valence-corrected chi connectivity index (χ4v) is 2.05. The Balaban J connectivity index is 2.22. The first kappa shape index (κ1) is 12.5. The lowest BCUT2D eigenvalue weighted by molar-refractivity contribution is -0.125. The molecule has 0 saturated carbocycles. The Morgan fingerprint density at radius 1 is 1.33 bits per heavy atom. The van der Waals surface area contributed by atoms with Crippen LogP contribution in [0, 0.1) is 11.8 Å². The monoisotopic (exact) mass is 212 g/mol. The van der Waals surface area contributed by atoms with Crippen LogP contribution in [0.2, 0.25) is 0 Å². The number of nitrogens with one attached hydrogen (secondary N) is 2. The largest absolute Gasteiger partial charge is 0.356 e. The summed E-state index contributed by atoms with van der Waals surface area (Å²) in [7, 11) is 0. The molecule has 1 aliphatic rings. The van der Waals surface area contributed by atoms with E-state index in [0.717, 1.165) is 45.3 Å². The van der Waals surface area contributed by atoms with Crippen molar-refractivity contribution >= 4 is 5.91 Å². The first-order valence-corrected chi connectivity index (χ1v) is 6.26. The molecule has 1 heterocycles. The van der Waals surface area contributed by atoms with Gasteiger partial charge in [0.25, 0.3) is 0 Å². The highest BCUT2D eigenvalue weighted by atomic mass is 16.1. The lowest BCUT2D eigenvalue weighted by Gasteiger charge is -2.23. The Morgan fingerprint density at radius 3 is 2.47 bits per heavy atom. The maximum absolute atomic E-state index is 11.8. The maximum Gasteiger partial charge on any atom is 0.223 e. The van der Waals surface area contributed by atoms with Crippen LogP contribution in [-0.4, -0.2) is 25.5 Å². The lowest BCUT2D eigenvalue weighted by Crippen LogP contribution is -2.39. The molecule has 1 saturated heterocycles. The summed E-state index contributed by atoms with van der Waals surface area (Å²) in [5.41, 5.74) is 0. The Bertz CT molecular complexity index is 184. The van der Waals surface area contributed by atoms with E-state index in [9.17, 15) is 4.79 Å². The normalized spacial score (nSPS) is 18.1. The van der Waals surface area contributed by atoms with E-state index >= 15 is 0 Å². The first-order chi connectivity index (χ1) is 7.27. The van der Waals surface area contributed by atoms with E-state index in [-0.39, 0.29) is 11.8 Å². The highest BCUT2D eigenvalue weighted by molar-refractivity contribution is 5.78. The van der Waals surface area contributed by atoms with Gasteiger partial charge in [-0.2, -0.15) is 0 Å². The van der Waals surface area contributed by atoms with E-state index in [1.54, 1.807) is 0 Å². The molecule has 3 nitrogen and oxygen atoms in total. The van der Waals surface area contributed by atoms with E-state index in [2.05, 4.69) is 24.5 Å². The molecule has 0 aromatic rings. The molecule has 2 N–H and O–H groups in total. The van der Waals surface area contributed by atoms with Crippen LogP contribution in [-0.2, 0) is 4.79 Å². The van der Waals surface area contributed by atoms with Crippen LogP contribution in [0.3, 0.4) is 0 Å². The predicted octanol–water partition coefficient (Wildman–Crippen LogP) is 1.54. The number of carbonyl (C=O) groups is 1. The van der Waals surface area contributed by atoms with Gasteiger partial charge in [0.05, 0.1) is 0 Å². The van der Waals surface area contributed by atoms with Crippen molar-refractivity contribution in [3.8, 4) is 0 Å². The molecule has 0 spiro atoms. The Hall–Kier alpha value is -0.570. The summed E-state index contributed by atoms with van der Waals surface area (Å²) >= 11 is 0. The van der Waals surface area contributed by atoms with Crippen LogP contribution in [0.15, 0.2) is 0 Å². The number of carbonyl (C=O) groups excluding carboxylic acids is 1. The van der Waals surface area contributed by atoms with Gasteiger partial charge in [-0.1, -0.05) is 26.7 Å². The zero-order valence-electron chi connectivity index (χ0n) is 10.0. The SMILES string of the molecule is CCC(CC)CNC(=O)C1CCNCC1. The molecule has 0 aromatic carbocycles. The molecular weight excluding hydrogens is 188 g/mol. The molecule has 88 valence electrons. The first-order valence-electron chi connectivity index (χ1n) is 6.26. The van der Waals surface area contributed by atoms with Crippen molar-refractivity contribution in [2.45, 2.75) is 39.5 Å². The molecule has 15 heavy (non-hydrogen) atoms. The summed E-state index contributed by atoms with van der Waals surface area (Å²) in [4.78, 5) is 11.8. The number of hydrogen-bond donors (Lipinski definition) is 2. The van der Waals surface area contributed by atoms with Gasteiger partial charge in [-0.05, 0) is 31.8 Å². The van der Waals surface area contributed by atoms with Crippen LogP contribution in [0.1, 0.15) is 39.5 Å². The smallest absolute Gasteiger partial charge is 0.223 e. The van der Waals surface area contributed by atoms with E-state index in [1.807, 2.05) is 0 Å². The molecule has 0 bridgehead atoms. The van der Waals surface area contributed by atoms with Gasteiger partial charge in [0.1, 0.15) is 0 Å². The van der Waals surface area contributed by atoms with E-state index in [4.69, 9.17) is 0 Å². The van der Waals surface area contributed by atoms with Crippen molar-refractivity contribution in [3.05, 3.63) is 0 Å². The second kappa shape index (κ2) is 6.83. The molecule has 1 rings (SSSR count). The van der Waals surface area contributed by atoms with Gasteiger partial charge in [0.15, 0.2) is 0 Å². The third-order valence-corrected chi connectivity index (χ3v) is 3.43. The van der Waals surface area contributed by atoms with Crippen molar-refractivity contribution in [1.29, 1.82) is 0 Å². The summed E-state index contributed by atoms with van der Waals surface area (Å²) in [6.07, 6.45) is 4.30. The van der Waals surface area contributed by atoms with Gasteiger partial charge in [0, 0.05) is 12.5 Å². The topological polar surface area (TPSA) is 41.1 Å². The van der Waals surface area contributed by atoms with E-state index in [0.29, 0.717) is 5.92 Å². The summed E-state index contributed by atoms with van der Waals surface area (Å²) in [5.74, 6) is 1.17. The van der Waals surface area contributed by atoms with Crippen LogP contribution in [0.4, 0.5) is 0 Å². The maximum atomic E-state index is 11.8. The highest BCUT2D eigenvalue weighted by Gasteiger charge is 2.20. The minimum Gasteiger partial charge on any atom is -0.356 e. The molecule has 0 atom stereocenters. The van der Waals surface area contributed by atoms with Crippen LogP contribution >= 0.6 is 0 Å². The number of hydrogen-bond acceptors (Lipinski definition) is 2. The summed E-state index contributed by atoms with van der Waals surface area (Å²) < 4.78 is 0. The molecule has 1 amide bonds. The minimum absolute atomic E-state index is 0.251. The Morgan fingerprint density at radius 2 is 1.93 bits per heavy atom. The standard InChI is InChI=1S/C12H24N2O/c1-3-10(4-2)9-14-12(15)11-5-7-13-8-6-11/h10-11,13H,3-9H2,1-2H3,(H,14,15). The fraction of sp³-hybridized carbons (Fsp3) is 0.917. The third kappa shape index (κ3) is 4.20. The number of rotatable bonds is 5. The number of piperidine rings is 1. The molecule has 0 aromatic heterocycles. The minimum atomic E-state index is 0.251. The van der Waals surface area contributed by atoms with Crippen molar-refractivity contribution in [3.63, 3.8) is 0 Å². The Labute approximate surface area is 93.0 Å². The molecule has 3 heteroatoms. The highest BCUT2D eigenvalue weighted by Crippen LogP contribution is 2.12. The molecule has 0 radical (unpaired) electrons. The van der Waals surface area contributed by atoms with Gasteiger partial charge >= 0.3 is 0 Å². The van der Waals surface area contributed by atoms with Gasteiger partial charge in [-0.3, -0.25) is 4.79 Å². The zero-order valence-corrected chi connectivity index (χ0v) is 10.0. The van der Waals surface area contributed by atoms with Crippen LogP contribution in [0.25, 0.3) is 0 Å². The van der Waals surface area contributed by atoms with E-state index in [1.165, 1.54) is 0 Å². The van der Waals surface area contributed by atoms with Crippen LogP contribution < -0.4 is 10.6 Å². The lowest BCUT2D eigenvalue weighted by atomic mass is 9.96. The van der Waals surface area contributed by atoms with Crippen molar-refractivity contribution in [2.75, 3.05) is 19.6 Å². The van der Waals surface area contributed by atoms with Gasteiger partial charge in [0.2, 0.25) is 5.91 Å². The van der Waals surface area contributed by atoms with Crippen molar-refractivity contribution in [2.24, 2.45) is 11.8 Å². The molecule has 1 fully saturated rings.